The first kappa shape index (κ1) is 15.3. The molecule has 0 aliphatic rings. The Labute approximate surface area is 128 Å². The minimum Gasteiger partial charge on any atom is -0.481 e. The van der Waals surface area contributed by atoms with Crippen LogP contribution in [0.1, 0.15) is 28.5 Å². The summed E-state index contributed by atoms with van der Waals surface area (Å²) in [6.45, 7) is 2.29. The molecule has 6 heteroatoms. The Morgan fingerprint density at radius 2 is 2.24 bits per heavy atom. The normalized spacial score (nSPS) is 10.2. The summed E-state index contributed by atoms with van der Waals surface area (Å²) < 4.78 is 5.15. The van der Waals surface area contributed by atoms with Gasteiger partial charge in [-0.15, -0.1) is 0 Å². The molecular weight excluding hydrogens is 290 g/mol. The van der Waals surface area contributed by atoms with E-state index in [1.807, 2.05) is 13.0 Å². The third-order valence-electron chi connectivity index (χ3n) is 2.95. The predicted octanol–water partition coefficient (Wildman–Crippen LogP) is 2.63. The number of amides is 1. The molecule has 1 N–H and O–H groups in total. The van der Waals surface area contributed by atoms with E-state index in [0.717, 1.165) is 17.7 Å². The Balaban J connectivity index is 2.10. The molecule has 0 aliphatic carbocycles. The van der Waals surface area contributed by atoms with Gasteiger partial charge in [0.1, 0.15) is 5.15 Å². The highest BCUT2D eigenvalue weighted by atomic mass is 35.5. The lowest BCUT2D eigenvalue weighted by atomic mass is 10.2. The lowest BCUT2D eigenvalue weighted by Crippen LogP contribution is -2.23. The van der Waals surface area contributed by atoms with Crippen molar-refractivity contribution in [1.82, 2.24) is 15.3 Å². The van der Waals surface area contributed by atoms with E-state index >= 15 is 0 Å². The number of aryl methyl sites for hydroxylation is 1. The standard InChI is InChI=1S/C15H16ClN3O2/c1-3-12-7-11(8-13(16)19-12)14(20)18-9-10-5-4-6-17-15(10)21-2/h4-8H,3,9H2,1-2H3,(H,18,20). The topological polar surface area (TPSA) is 64.1 Å². The van der Waals surface area contributed by atoms with Crippen molar-refractivity contribution in [3.8, 4) is 5.88 Å². The summed E-state index contributed by atoms with van der Waals surface area (Å²) in [4.78, 5) is 20.4. The number of carbonyl (C=O) groups is 1. The third-order valence-corrected chi connectivity index (χ3v) is 3.15. The quantitative estimate of drug-likeness (QED) is 0.863. The summed E-state index contributed by atoms with van der Waals surface area (Å²) in [6.07, 6.45) is 2.36. The number of hydrogen-bond donors (Lipinski definition) is 1. The molecule has 21 heavy (non-hydrogen) atoms. The van der Waals surface area contributed by atoms with E-state index in [1.165, 1.54) is 0 Å². The van der Waals surface area contributed by atoms with Crippen LogP contribution in [0.15, 0.2) is 30.5 Å². The molecule has 0 radical (unpaired) electrons. The molecule has 0 aliphatic heterocycles. The largest absolute Gasteiger partial charge is 0.481 e. The summed E-state index contributed by atoms with van der Waals surface area (Å²) in [5.74, 6) is 0.291. The first-order valence-corrected chi connectivity index (χ1v) is 6.94. The zero-order valence-electron chi connectivity index (χ0n) is 11.9. The molecule has 0 fully saturated rings. The first-order valence-electron chi connectivity index (χ1n) is 6.56. The van der Waals surface area contributed by atoms with Crippen molar-refractivity contribution < 1.29 is 9.53 Å². The zero-order chi connectivity index (χ0) is 15.2. The third kappa shape index (κ3) is 3.92. The van der Waals surface area contributed by atoms with E-state index < -0.39 is 0 Å². The average Bonchev–Trinajstić information content (AvgIpc) is 2.52. The van der Waals surface area contributed by atoms with Crippen LogP contribution in [-0.2, 0) is 13.0 Å². The molecule has 1 amide bonds. The summed E-state index contributed by atoms with van der Waals surface area (Å²) in [6, 6.07) is 6.93. The van der Waals surface area contributed by atoms with Gasteiger partial charge in [0, 0.05) is 29.6 Å². The minimum atomic E-state index is -0.208. The van der Waals surface area contributed by atoms with Crippen LogP contribution in [0.2, 0.25) is 5.15 Å². The predicted molar refractivity (Wildman–Crippen MR) is 80.6 cm³/mol. The molecule has 2 aromatic rings. The van der Waals surface area contributed by atoms with Gasteiger partial charge in [0.2, 0.25) is 5.88 Å². The van der Waals surface area contributed by atoms with Gasteiger partial charge in [-0.1, -0.05) is 24.6 Å². The second-order valence-corrected chi connectivity index (χ2v) is 4.77. The number of pyridine rings is 2. The van der Waals surface area contributed by atoms with Crippen molar-refractivity contribution >= 4 is 17.5 Å². The number of ether oxygens (including phenoxy) is 1. The van der Waals surface area contributed by atoms with Crippen LogP contribution in [0.25, 0.3) is 0 Å². The second-order valence-electron chi connectivity index (χ2n) is 4.38. The maximum absolute atomic E-state index is 12.2. The summed E-state index contributed by atoms with van der Waals surface area (Å²) in [7, 11) is 1.55. The molecule has 0 atom stereocenters. The average molecular weight is 306 g/mol. The Morgan fingerprint density at radius 3 is 2.95 bits per heavy atom. The molecule has 110 valence electrons. The first-order chi connectivity index (χ1) is 10.1. The molecule has 2 heterocycles. The summed E-state index contributed by atoms with van der Waals surface area (Å²) >= 11 is 5.92. The monoisotopic (exact) mass is 305 g/mol. The van der Waals surface area contributed by atoms with Gasteiger partial charge in [-0.05, 0) is 24.6 Å². The summed E-state index contributed by atoms with van der Waals surface area (Å²) in [5, 5.41) is 3.14. The SMILES string of the molecule is CCc1cc(C(=O)NCc2cccnc2OC)cc(Cl)n1. The lowest BCUT2D eigenvalue weighted by molar-refractivity contribution is 0.0950. The maximum atomic E-state index is 12.2. The summed E-state index contributed by atoms with van der Waals surface area (Å²) in [5.41, 5.74) is 2.09. The van der Waals surface area contributed by atoms with Crippen molar-refractivity contribution in [2.24, 2.45) is 0 Å². The highest BCUT2D eigenvalue weighted by Gasteiger charge is 2.10. The Hall–Kier alpha value is -2.14. The van der Waals surface area contributed by atoms with Crippen molar-refractivity contribution in [3.63, 3.8) is 0 Å². The number of nitrogens with one attached hydrogen (secondary N) is 1. The number of aromatic nitrogens is 2. The molecule has 0 unspecified atom stereocenters. The van der Waals surface area contributed by atoms with Gasteiger partial charge in [0.25, 0.3) is 5.91 Å². The second kappa shape index (κ2) is 7.04. The molecule has 0 spiro atoms. The van der Waals surface area contributed by atoms with Gasteiger partial charge in [-0.2, -0.15) is 0 Å². The fourth-order valence-electron chi connectivity index (χ4n) is 1.88. The van der Waals surface area contributed by atoms with Crippen LogP contribution < -0.4 is 10.1 Å². The molecule has 2 rings (SSSR count). The minimum absolute atomic E-state index is 0.208. The Bertz CT molecular complexity index is 647. The number of methoxy groups -OCH3 is 1. The lowest BCUT2D eigenvalue weighted by Gasteiger charge is -2.09. The van der Waals surface area contributed by atoms with Gasteiger partial charge in [-0.3, -0.25) is 4.79 Å². The molecule has 0 aromatic carbocycles. The van der Waals surface area contributed by atoms with Crippen LogP contribution in [0.3, 0.4) is 0 Å². The van der Waals surface area contributed by atoms with Gasteiger partial charge >= 0.3 is 0 Å². The zero-order valence-corrected chi connectivity index (χ0v) is 12.6. The van der Waals surface area contributed by atoms with E-state index in [4.69, 9.17) is 16.3 Å². The van der Waals surface area contributed by atoms with Crippen LogP contribution in [0.5, 0.6) is 5.88 Å². The van der Waals surface area contributed by atoms with E-state index in [1.54, 1.807) is 31.5 Å². The molecule has 2 aromatic heterocycles. The van der Waals surface area contributed by atoms with E-state index in [-0.39, 0.29) is 5.91 Å². The van der Waals surface area contributed by atoms with Gasteiger partial charge in [0.05, 0.1) is 7.11 Å². The number of rotatable bonds is 5. The number of carbonyl (C=O) groups excluding carboxylic acids is 1. The van der Waals surface area contributed by atoms with E-state index in [9.17, 15) is 4.79 Å². The Kier molecular flexibility index (Phi) is 5.11. The number of nitrogens with zero attached hydrogens (tertiary/aromatic N) is 2. The molecular formula is C15H16ClN3O2. The van der Waals surface area contributed by atoms with Gasteiger partial charge in [0.15, 0.2) is 0 Å². The molecule has 0 saturated carbocycles. The fraction of sp³-hybridized carbons (Fsp3) is 0.267. The number of hydrogen-bond acceptors (Lipinski definition) is 4. The van der Waals surface area contributed by atoms with Crippen LogP contribution >= 0.6 is 11.6 Å². The molecule has 0 bridgehead atoms. The van der Waals surface area contributed by atoms with Crippen molar-refractivity contribution in [2.75, 3.05) is 7.11 Å². The van der Waals surface area contributed by atoms with Gasteiger partial charge in [-0.25, -0.2) is 9.97 Å². The smallest absolute Gasteiger partial charge is 0.251 e. The molecule has 5 nitrogen and oxygen atoms in total. The van der Waals surface area contributed by atoms with Crippen LogP contribution in [0.4, 0.5) is 0 Å². The maximum Gasteiger partial charge on any atom is 0.251 e. The van der Waals surface area contributed by atoms with Crippen LogP contribution in [0, 0.1) is 0 Å². The highest BCUT2D eigenvalue weighted by Crippen LogP contribution is 2.14. The van der Waals surface area contributed by atoms with Crippen molar-refractivity contribution in [2.45, 2.75) is 19.9 Å². The number of halogens is 1. The van der Waals surface area contributed by atoms with Crippen LogP contribution in [-0.4, -0.2) is 23.0 Å². The Morgan fingerprint density at radius 1 is 1.43 bits per heavy atom. The van der Waals surface area contributed by atoms with Crippen molar-refractivity contribution in [1.29, 1.82) is 0 Å². The van der Waals surface area contributed by atoms with Crippen molar-refractivity contribution in [3.05, 3.63) is 52.4 Å². The van der Waals surface area contributed by atoms with E-state index in [2.05, 4.69) is 15.3 Å². The fourth-order valence-corrected chi connectivity index (χ4v) is 2.11. The van der Waals surface area contributed by atoms with E-state index in [0.29, 0.717) is 23.1 Å². The highest BCUT2D eigenvalue weighted by molar-refractivity contribution is 6.29. The molecule has 0 saturated heterocycles. The van der Waals surface area contributed by atoms with Gasteiger partial charge < -0.3 is 10.1 Å².